The highest BCUT2D eigenvalue weighted by molar-refractivity contribution is 7.90. The van der Waals surface area contributed by atoms with E-state index in [1.807, 2.05) is 6.92 Å². The normalized spacial score (nSPS) is 19.3. The van der Waals surface area contributed by atoms with E-state index in [2.05, 4.69) is 4.98 Å². The number of carbonyl (C=O) groups excluding carboxylic acids is 1. The van der Waals surface area contributed by atoms with Crippen LogP contribution in [-0.4, -0.2) is 48.0 Å². The summed E-state index contributed by atoms with van der Waals surface area (Å²) >= 11 is 0. The summed E-state index contributed by atoms with van der Waals surface area (Å²) in [6.07, 6.45) is 7.27. The number of halogens is 1. The van der Waals surface area contributed by atoms with Crippen LogP contribution in [0.25, 0.3) is 0 Å². The van der Waals surface area contributed by atoms with Gasteiger partial charge in [0.1, 0.15) is 5.82 Å². The second-order valence-corrected chi connectivity index (χ2v) is 10.9. The third-order valence-electron chi connectivity index (χ3n) is 6.61. The lowest BCUT2D eigenvalue weighted by Crippen LogP contribution is -2.35. The molecule has 1 atom stereocenters. The van der Waals surface area contributed by atoms with E-state index in [4.69, 9.17) is 4.74 Å². The maximum absolute atomic E-state index is 13.3. The second-order valence-electron chi connectivity index (χ2n) is 9.00. The SMILES string of the molecule is CCN(Cc1cnc(S(=O)(=O)Cc2ccc(F)cc2)n1CC1CCCO1)C(=O)C1CCCC1. The Kier molecular flexibility index (Phi) is 7.48. The fourth-order valence-corrected chi connectivity index (χ4v) is 6.29. The van der Waals surface area contributed by atoms with Crippen LogP contribution in [0.3, 0.4) is 0 Å². The maximum atomic E-state index is 13.3. The molecule has 0 bridgehead atoms. The molecule has 2 heterocycles. The monoisotopic (exact) mass is 477 g/mol. The van der Waals surface area contributed by atoms with Crippen LogP contribution in [0.5, 0.6) is 0 Å². The van der Waals surface area contributed by atoms with Crippen molar-refractivity contribution in [1.29, 1.82) is 0 Å². The average molecular weight is 478 g/mol. The zero-order valence-electron chi connectivity index (χ0n) is 19.1. The molecule has 1 saturated heterocycles. The van der Waals surface area contributed by atoms with E-state index >= 15 is 0 Å². The van der Waals surface area contributed by atoms with Crippen LogP contribution in [0.4, 0.5) is 4.39 Å². The summed E-state index contributed by atoms with van der Waals surface area (Å²) in [5.74, 6) is -0.491. The highest BCUT2D eigenvalue weighted by Crippen LogP contribution is 2.28. The average Bonchev–Trinajstić information content (AvgIpc) is 3.56. The predicted molar refractivity (Wildman–Crippen MR) is 122 cm³/mol. The predicted octanol–water partition coefficient (Wildman–Crippen LogP) is 3.71. The molecule has 4 rings (SSSR count). The number of nitrogens with zero attached hydrogens (tertiary/aromatic N) is 3. The van der Waals surface area contributed by atoms with Crippen LogP contribution in [0.1, 0.15) is 56.7 Å². The lowest BCUT2D eigenvalue weighted by molar-refractivity contribution is -0.135. The van der Waals surface area contributed by atoms with Crippen LogP contribution in [0, 0.1) is 11.7 Å². The Balaban J connectivity index is 1.61. The molecule has 9 heteroatoms. The number of rotatable bonds is 9. The number of benzene rings is 1. The fourth-order valence-electron chi connectivity index (χ4n) is 4.79. The number of hydrogen-bond donors (Lipinski definition) is 0. The number of imidazole rings is 1. The lowest BCUT2D eigenvalue weighted by Gasteiger charge is -2.25. The Hall–Kier alpha value is -2.26. The van der Waals surface area contributed by atoms with Crippen molar-refractivity contribution in [2.45, 2.75) is 75.6 Å². The molecule has 180 valence electrons. The van der Waals surface area contributed by atoms with Crippen molar-refractivity contribution < 1.29 is 22.3 Å². The van der Waals surface area contributed by atoms with Crippen molar-refractivity contribution in [3.63, 3.8) is 0 Å². The Morgan fingerprint density at radius 3 is 2.55 bits per heavy atom. The zero-order chi connectivity index (χ0) is 23.4. The third kappa shape index (κ3) is 5.63. The summed E-state index contributed by atoms with van der Waals surface area (Å²) in [4.78, 5) is 19.1. The van der Waals surface area contributed by atoms with Gasteiger partial charge in [-0.05, 0) is 50.3 Å². The first-order valence-electron chi connectivity index (χ1n) is 11.8. The zero-order valence-corrected chi connectivity index (χ0v) is 19.9. The van der Waals surface area contributed by atoms with Crippen LogP contribution >= 0.6 is 0 Å². The van der Waals surface area contributed by atoms with Gasteiger partial charge < -0.3 is 14.2 Å². The van der Waals surface area contributed by atoms with Gasteiger partial charge in [0, 0.05) is 19.1 Å². The Morgan fingerprint density at radius 1 is 1.18 bits per heavy atom. The molecule has 1 saturated carbocycles. The van der Waals surface area contributed by atoms with Crippen molar-refractivity contribution in [1.82, 2.24) is 14.5 Å². The molecule has 1 unspecified atom stereocenters. The van der Waals surface area contributed by atoms with Crippen LogP contribution < -0.4 is 0 Å². The summed E-state index contributed by atoms with van der Waals surface area (Å²) in [6, 6.07) is 5.45. The lowest BCUT2D eigenvalue weighted by atomic mass is 10.1. The molecule has 33 heavy (non-hydrogen) atoms. The van der Waals surface area contributed by atoms with E-state index in [1.165, 1.54) is 24.3 Å². The molecule has 1 aromatic carbocycles. The van der Waals surface area contributed by atoms with E-state index in [0.717, 1.165) is 38.5 Å². The number of sulfone groups is 1. The molecule has 2 aliphatic rings. The summed E-state index contributed by atoms with van der Waals surface area (Å²) < 4.78 is 47.3. The minimum Gasteiger partial charge on any atom is -0.376 e. The molecule has 0 spiro atoms. The number of aromatic nitrogens is 2. The van der Waals surface area contributed by atoms with Crippen molar-refractivity contribution in [3.8, 4) is 0 Å². The molecule has 1 aromatic heterocycles. The highest BCUT2D eigenvalue weighted by atomic mass is 32.2. The minimum atomic E-state index is -3.79. The van der Waals surface area contributed by atoms with Gasteiger partial charge in [0.2, 0.25) is 20.9 Å². The number of hydrogen-bond acceptors (Lipinski definition) is 5. The molecule has 7 nitrogen and oxygen atoms in total. The molecule has 1 aliphatic heterocycles. The maximum Gasteiger partial charge on any atom is 0.228 e. The van der Waals surface area contributed by atoms with Crippen LogP contribution in [0.15, 0.2) is 35.6 Å². The molecule has 2 fully saturated rings. The highest BCUT2D eigenvalue weighted by Gasteiger charge is 2.30. The Labute approximate surface area is 194 Å². The first-order valence-corrected chi connectivity index (χ1v) is 13.4. The van der Waals surface area contributed by atoms with Gasteiger partial charge in [0.05, 0.1) is 36.8 Å². The van der Waals surface area contributed by atoms with Crippen molar-refractivity contribution in [3.05, 3.63) is 47.5 Å². The Morgan fingerprint density at radius 2 is 1.91 bits per heavy atom. The van der Waals surface area contributed by atoms with Gasteiger partial charge in [-0.2, -0.15) is 0 Å². The molecule has 0 radical (unpaired) electrons. The van der Waals surface area contributed by atoms with Gasteiger partial charge >= 0.3 is 0 Å². The standard InChI is InChI=1S/C24H32FN3O4S/c1-2-27(23(29)19-6-3-4-7-19)15-21-14-26-24(28(21)16-22-8-5-13-32-22)33(30,31)17-18-9-11-20(25)12-10-18/h9-12,14,19,22H,2-8,13,15-17H2,1H3. The quantitative estimate of drug-likeness (QED) is 0.550. The molecular weight excluding hydrogens is 445 g/mol. The van der Waals surface area contributed by atoms with Crippen LogP contribution in [-0.2, 0) is 38.2 Å². The van der Waals surface area contributed by atoms with Gasteiger partial charge in [-0.3, -0.25) is 4.79 Å². The largest absolute Gasteiger partial charge is 0.376 e. The minimum absolute atomic E-state index is 0.0262. The summed E-state index contributed by atoms with van der Waals surface area (Å²) in [5, 5.41) is -0.0262. The fraction of sp³-hybridized carbons (Fsp3) is 0.583. The van der Waals surface area contributed by atoms with Crippen molar-refractivity contribution in [2.75, 3.05) is 13.2 Å². The molecular formula is C24H32FN3O4S. The second kappa shape index (κ2) is 10.3. The first kappa shape index (κ1) is 23.9. The number of ether oxygens (including phenoxy) is 1. The van der Waals surface area contributed by atoms with E-state index in [1.54, 1.807) is 15.7 Å². The number of carbonyl (C=O) groups is 1. The van der Waals surface area contributed by atoms with Gasteiger partial charge in [-0.25, -0.2) is 17.8 Å². The van der Waals surface area contributed by atoms with Gasteiger partial charge in [0.25, 0.3) is 0 Å². The van der Waals surface area contributed by atoms with Crippen molar-refractivity contribution >= 4 is 15.7 Å². The third-order valence-corrected chi connectivity index (χ3v) is 8.21. The van der Waals surface area contributed by atoms with Gasteiger partial charge in [-0.1, -0.05) is 25.0 Å². The van der Waals surface area contributed by atoms with E-state index in [-0.39, 0.29) is 28.8 Å². The Bertz CT molecular complexity index is 1060. The van der Waals surface area contributed by atoms with E-state index in [9.17, 15) is 17.6 Å². The smallest absolute Gasteiger partial charge is 0.228 e. The van der Waals surface area contributed by atoms with Gasteiger partial charge in [-0.15, -0.1) is 0 Å². The van der Waals surface area contributed by atoms with Crippen LogP contribution in [0.2, 0.25) is 0 Å². The molecule has 1 aliphatic carbocycles. The summed E-state index contributed by atoms with van der Waals surface area (Å²) in [5.41, 5.74) is 1.19. The molecule has 1 amide bonds. The van der Waals surface area contributed by atoms with Crippen molar-refractivity contribution in [2.24, 2.45) is 5.92 Å². The molecule has 0 N–H and O–H groups in total. The summed E-state index contributed by atoms with van der Waals surface area (Å²) in [6.45, 7) is 3.85. The topological polar surface area (TPSA) is 81.5 Å². The van der Waals surface area contributed by atoms with E-state index in [0.29, 0.717) is 37.5 Å². The van der Waals surface area contributed by atoms with Gasteiger partial charge in [0.15, 0.2) is 0 Å². The first-order chi connectivity index (χ1) is 15.9. The van der Waals surface area contributed by atoms with E-state index < -0.39 is 15.7 Å². The summed E-state index contributed by atoms with van der Waals surface area (Å²) in [7, 11) is -3.79. The number of amides is 1. The molecule has 2 aromatic rings.